The first-order chi connectivity index (χ1) is 14.2. The molecule has 0 N–H and O–H groups in total. The Bertz CT molecular complexity index is 1220. The molecule has 1 fully saturated rings. The number of fused-ring (bicyclic) bond motifs is 1. The molecule has 144 valence electrons. The van der Waals surface area contributed by atoms with Crippen molar-refractivity contribution in [3.63, 3.8) is 0 Å². The Kier molecular flexibility index (Phi) is 4.08. The van der Waals surface area contributed by atoms with E-state index in [9.17, 15) is 4.79 Å². The highest BCUT2D eigenvalue weighted by Gasteiger charge is 2.31. The first kappa shape index (κ1) is 17.5. The first-order valence-electron chi connectivity index (χ1n) is 9.52. The second-order valence-electron chi connectivity index (χ2n) is 7.30. The highest BCUT2D eigenvalue weighted by Crippen LogP contribution is 2.36. The molecule has 0 radical (unpaired) electrons. The molecule has 1 aliphatic rings. The average molecular weight is 385 g/mol. The number of carbonyl (C=O) groups excluding carboxylic acids is 1. The molecule has 7 nitrogen and oxygen atoms in total. The summed E-state index contributed by atoms with van der Waals surface area (Å²) >= 11 is 0. The van der Waals surface area contributed by atoms with Crippen molar-refractivity contribution in [3.05, 3.63) is 54.3 Å². The van der Waals surface area contributed by atoms with E-state index in [1.807, 2.05) is 26.0 Å². The molecule has 3 heterocycles. The smallest absolute Gasteiger partial charge is 0.232 e. The number of aryl methyl sites for hydroxylation is 2. The van der Waals surface area contributed by atoms with Crippen LogP contribution in [0.4, 0.5) is 5.95 Å². The van der Waals surface area contributed by atoms with Crippen molar-refractivity contribution >= 4 is 23.3 Å². The van der Waals surface area contributed by atoms with Crippen LogP contribution < -0.4 is 4.90 Å². The van der Waals surface area contributed by atoms with Crippen molar-refractivity contribution < 1.29 is 9.21 Å². The van der Waals surface area contributed by atoms with E-state index in [1.165, 1.54) is 0 Å². The molecular formula is C22H19N5O2. The van der Waals surface area contributed by atoms with Crippen molar-refractivity contribution in [1.82, 2.24) is 19.9 Å². The van der Waals surface area contributed by atoms with Crippen molar-refractivity contribution in [2.24, 2.45) is 0 Å². The van der Waals surface area contributed by atoms with Gasteiger partial charge in [0.2, 0.25) is 12.4 Å². The summed E-state index contributed by atoms with van der Waals surface area (Å²) in [7, 11) is 0. The van der Waals surface area contributed by atoms with E-state index in [0.29, 0.717) is 17.4 Å². The number of rotatable bonds is 5. The lowest BCUT2D eigenvalue weighted by Gasteiger charge is -2.17. The van der Waals surface area contributed by atoms with Crippen molar-refractivity contribution in [1.29, 1.82) is 0 Å². The zero-order valence-electron chi connectivity index (χ0n) is 16.2. The molecule has 3 aromatic heterocycles. The lowest BCUT2D eigenvalue weighted by molar-refractivity contribution is -0.107. The van der Waals surface area contributed by atoms with Crippen LogP contribution in [0.15, 0.2) is 47.5 Å². The van der Waals surface area contributed by atoms with Crippen molar-refractivity contribution in [2.45, 2.75) is 32.7 Å². The maximum atomic E-state index is 11.6. The van der Waals surface area contributed by atoms with Crippen LogP contribution in [-0.2, 0) is 4.79 Å². The molecule has 0 bridgehead atoms. The number of benzene rings is 1. The standard InChI is InChI=1S/C22H19N5O2/c1-13-8-15(9-17-14(2)24-11-25-20(13)17)18-10-23-22(27(12-28)16-5-6-16)26-21(18)19-4-3-7-29-19/h3-4,7-12,16H,5-6H2,1-2H3. The van der Waals surface area contributed by atoms with E-state index in [2.05, 4.69) is 27.1 Å². The van der Waals surface area contributed by atoms with Crippen LogP contribution >= 0.6 is 0 Å². The number of furan rings is 1. The number of nitrogens with zero attached hydrogens (tertiary/aromatic N) is 5. The zero-order chi connectivity index (χ0) is 20.0. The fourth-order valence-electron chi connectivity index (χ4n) is 3.58. The molecule has 0 unspecified atom stereocenters. The van der Waals surface area contributed by atoms with Gasteiger partial charge in [-0.15, -0.1) is 0 Å². The molecule has 0 aliphatic heterocycles. The molecule has 29 heavy (non-hydrogen) atoms. The third kappa shape index (κ3) is 3.04. The van der Waals surface area contributed by atoms with E-state index in [0.717, 1.165) is 52.5 Å². The molecule has 1 amide bonds. The van der Waals surface area contributed by atoms with Gasteiger partial charge < -0.3 is 4.42 Å². The Labute approximate surface area is 167 Å². The highest BCUT2D eigenvalue weighted by molar-refractivity contribution is 5.91. The summed E-state index contributed by atoms with van der Waals surface area (Å²) in [5.41, 5.74) is 5.33. The Morgan fingerprint density at radius 1 is 1.17 bits per heavy atom. The molecule has 7 heteroatoms. The van der Waals surface area contributed by atoms with E-state index in [4.69, 9.17) is 9.40 Å². The minimum Gasteiger partial charge on any atom is -0.463 e. The number of anilines is 1. The Morgan fingerprint density at radius 2 is 2.03 bits per heavy atom. The minimum absolute atomic E-state index is 0.186. The SMILES string of the molecule is Cc1ncnc2c(C)cc(-c3cnc(N(C=O)C4CC4)nc3-c3ccco3)cc12. The third-order valence-corrected chi connectivity index (χ3v) is 5.25. The maximum Gasteiger partial charge on any atom is 0.232 e. The molecule has 0 saturated heterocycles. The maximum absolute atomic E-state index is 11.6. The molecule has 1 aromatic carbocycles. The van der Waals surface area contributed by atoms with E-state index in [-0.39, 0.29) is 6.04 Å². The lowest BCUT2D eigenvalue weighted by atomic mass is 9.98. The van der Waals surface area contributed by atoms with Crippen LogP contribution in [0.2, 0.25) is 0 Å². The van der Waals surface area contributed by atoms with Crippen LogP contribution in [0.3, 0.4) is 0 Å². The van der Waals surface area contributed by atoms with Gasteiger partial charge in [-0.1, -0.05) is 0 Å². The Hall–Kier alpha value is -3.61. The van der Waals surface area contributed by atoms with Gasteiger partial charge in [-0.3, -0.25) is 9.69 Å². The van der Waals surface area contributed by atoms with Gasteiger partial charge in [0.25, 0.3) is 0 Å². The van der Waals surface area contributed by atoms with Gasteiger partial charge in [0.1, 0.15) is 12.0 Å². The van der Waals surface area contributed by atoms with Crippen LogP contribution in [0, 0.1) is 13.8 Å². The first-order valence-corrected chi connectivity index (χ1v) is 9.52. The second kappa shape index (κ2) is 6.77. The van der Waals surface area contributed by atoms with Gasteiger partial charge in [-0.25, -0.2) is 19.9 Å². The lowest BCUT2D eigenvalue weighted by Crippen LogP contribution is -2.25. The summed E-state index contributed by atoms with van der Waals surface area (Å²) in [5, 5.41) is 0.990. The van der Waals surface area contributed by atoms with Gasteiger partial charge in [0, 0.05) is 28.9 Å². The summed E-state index contributed by atoms with van der Waals surface area (Å²) < 4.78 is 5.65. The quantitative estimate of drug-likeness (QED) is 0.481. The summed E-state index contributed by atoms with van der Waals surface area (Å²) in [4.78, 5) is 31.1. The van der Waals surface area contributed by atoms with Crippen molar-refractivity contribution in [2.75, 3.05) is 4.90 Å². The van der Waals surface area contributed by atoms with Gasteiger partial charge in [0.15, 0.2) is 5.76 Å². The molecule has 0 spiro atoms. The number of carbonyl (C=O) groups is 1. The number of aromatic nitrogens is 4. The second-order valence-corrected chi connectivity index (χ2v) is 7.30. The Morgan fingerprint density at radius 3 is 2.76 bits per heavy atom. The highest BCUT2D eigenvalue weighted by atomic mass is 16.3. The number of amides is 1. The zero-order valence-corrected chi connectivity index (χ0v) is 16.2. The molecule has 0 atom stereocenters. The van der Waals surface area contributed by atoms with Gasteiger partial charge >= 0.3 is 0 Å². The monoisotopic (exact) mass is 385 g/mol. The predicted molar refractivity (Wildman–Crippen MR) is 109 cm³/mol. The molecule has 1 aliphatic carbocycles. The van der Waals surface area contributed by atoms with Crippen molar-refractivity contribution in [3.8, 4) is 22.6 Å². The normalized spacial score (nSPS) is 13.6. The average Bonchev–Trinajstić information content (AvgIpc) is 3.41. The van der Waals surface area contributed by atoms with E-state index >= 15 is 0 Å². The minimum atomic E-state index is 0.186. The summed E-state index contributed by atoms with van der Waals surface area (Å²) in [5.74, 6) is 1.03. The van der Waals surface area contributed by atoms with Crippen LogP contribution in [0.25, 0.3) is 33.5 Å². The molecule has 4 aromatic rings. The third-order valence-electron chi connectivity index (χ3n) is 5.25. The van der Waals surface area contributed by atoms with Gasteiger partial charge in [0.05, 0.1) is 11.8 Å². The van der Waals surface area contributed by atoms with E-state index in [1.54, 1.807) is 23.7 Å². The summed E-state index contributed by atoms with van der Waals surface area (Å²) in [6.45, 7) is 4.00. The molecule has 5 rings (SSSR count). The van der Waals surface area contributed by atoms with Gasteiger partial charge in [-0.2, -0.15) is 0 Å². The molecular weight excluding hydrogens is 366 g/mol. The number of hydrogen-bond donors (Lipinski definition) is 0. The van der Waals surface area contributed by atoms with Gasteiger partial charge in [-0.05, 0) is 62.1 Å². The van der Waals surface area contributed by atoms with Crippen LogP contribution in [0.5, 0.6) is 0 Å². The topological polar surface area (TPSA) is 85.0 Å². The fraction of sp³-hybridized carbons (Fsp3) is 0.227. The summed E-state index contributed by atoms with van der Waals surface area (Å²) in [6.07, 6.45) is 7.72. The Balaban J connectivity index is 1.71. The predicted octanol–water partition coefficient (Wildman–Crippen LogP) is 4.09. The summed E-state index contributed by atoms with van der Waals surface area (Å²) in [6, 6.07) is 7.99. The molecule has 1 saturated carbocycles. The van der Waals surface area contributed by atoms with Crippen LogP contribution in [0.1, 0.15) is 24.1 Å². The number of hydrogen-bond acceptors (Lipinski definition) is 6. The van der Waals surface area contributed by atoms with E-state index < -0.39 is 0 Å². The largest absolute Gasteiger partial charge is 0.463 e. The van der Waals surface area contributed by atoms with Crippen LogP contribution in [-0.4, -0.2) is 32.4 Å². The fourth-order valence-corrected chi connectivity index (χ4v) is 3.58.